The van der Waals surface area contributed by atoms with E-state index in [2.05, 4.69) is 54.6 Å². The van der Waals surface area contributed by atoms with E-state index in [0.29, 0.717) is 5.92 Å². The first-order valence-electron chi connectivity index (χ1n) is 6.53. The van der Waals surface area contributed by atoms with E-state index in [9.17, 15) is 0 Å². The van der Waals surface area contributed by atoms with Crippen LogP contribution >= 0.6 is 12.2 Å². The average molecular weight is 260 g/mol. The summed E-state index contributed by atoms with van der Waals surface area (Å²) in [6.45, 7) is 6.56. The molecule has 1 N–H and O–H groups in total. The van der Waals surface area contributed by atoms with Crippen LogP contribution in [0.2, 0.25) is 0 Å². The zero-order valence-corrected chi connectivity index (χ0v) is 12.1. The van der Waals surface area contributed by atoms with Gasteiger partial charge in [0.25, 0.3) is 0 Å². The number of hydrogen-bond donors (Lipinski definition) is 1. The van der Waals surface area contributed by atoms with Gasteiger partial charge in [-0.3, -0.25) is 4.57 Å². The normalized spacial score (nSPS) is 11.1. The smallest absolute Gasteiger partial charge is 0.182 e. The maximum Gasteiger partial charge on any atom is 0.182 e. The first-order chi connectivity index (χ1) is 8.63. The topological polar surface area (TPSA) is 20.7 Å². The first-order valence-corrected chi connectivity index (χ1v) is 6.94. The predicted octanol–water partition coefficient (Wildman–Crippen LogP) is 4.61. The van der Waals surface area contributed by atoms with Crippen molar-refractivity contribution in [1.29, 1.82) is 0 Å². The van der Waals surface area contributed by atoms with E-state index in [1.54, 1.807) is 0 Å². The Balaban J connectivity index is 2.42. The van der Waals surface area contributed by atoms with Gasteiger partial charge >= 0.3 is 0 Å². The fourth-order valence-corrected chi connectivity index (χ4v) is 2.44. The van der Waals surface area contributed by atoms with E-state index in [-0.39, 0.29) is 0 Å². The number of aromatic nitrogens is 2. The van der Waals surface area contributed by atoms with Crippen LogP contribution < -0.4 is 0 Å². The van der Waals surface area contributed by atoms with Crippen LogP contribution in [0.25, 0.3) is 5.69 Å². The van der Waals surface area contributed by atoms with Crippen molar-refractivity contribution in [2.24, 2.45) is 0 Å². The molecule has 2 rings (SSSR count). The molecule has 0 bridgehead atoms. The number of hydrogen-bond acceptors (Lipinski definition) is 1. The van der Waals surface area contributed by atoms with Gasteiger partial charge in [-0.25, -0.2) is 0 Å². The summed E-state index contributed by atoms with van der Waals surface area (Å²) in [5, 5.41) is 0. The highest BCUT2D eigenvalue weighted by molar-refractivity contribution is 7.71. The molecule has 0 radical (unpaired) electrons. The lowest BCUT2D eigenvalue weighted by Gasteiger charge is -2.11. The van der Waals surface area contributed by atoms with Gasteiger partial charge in [-0.2, -0.15) is 0 Å². The summed E-state index contributed by atoms with van der Waals surface area (Å²) in [6, 6.07) is 8.69. The highest BCUT2D eigenvalue weighted by Gasteiger charge is 2.09. The van der Waals surface area contributed by atoms with Crippen molar-refractivity contribution >= 4 is 12.2 Å². The molecular formula is C15H20N2S. The van der Waals surface area contributed by atoms with Crippen LogP contribution in [0.15, 0.2) is 30.5 Å². The van der Waals surface area contributed by atoms with E-state index in [1.807, 2.05) is 6.20 Å². The zero-order valence-electron chi connectivity index (χ0n) is 11.2. The fourth-order valence-electron chi connectivity index (χ4n) is 2.17. The molecule has 1 aromatic carbocycles. The van der Waals surface area contributed by atoms with Crippen LogP contribution in [0.5, 0.6) is 0 Å². The summed E-state index contributed by atoms with van der Waals surface area (Å²) in [5.74, 6) is 0.452. The van der Waals surface area contributed by atoms with Crippen molar-refractivity contribution in [2.45, 2.75) is 39.5 Å². The second kappa shape index (κ2) is 5.53. The molecule has 18 heavy (non-hydrogen) atoms. The molecular weight excluding hydrogens is 240 g/mol. The minimum Gasteiger partial charge on any atom is -0.337 e. The number of nitrogens with zero attached hydrogens (tertiary/aromatic N) is 1. The molecule has 0 fully saturated rings. The molecule has 2 aromatic rings. The Labute approximate surface area is 114 Å². The van der Waals surface area contributed by atoms with Crippen LogP contribution in [-0.2, 0) is 6.42 Å². The molecule has 0 atom stereocenters. The van der Waals surface area contributed by atoms with Gasteiger partial charge in [0.05, 0.1) is 0 Å². The molecule has 0 saturated carbocycles. The summed E-state index contributed by atoms with van der Waals surface area (Å²) in [5.41, 5.74) is 3.75. The number of nitrogens with one attached hydrogen (secondary N) is 1. The van der Waals surface area contributed by atoms with E-state index in [4.69, 9.17) is 12.2 Å². The number of rotatable bonds is 4. The molecule has 0 unspecified atom stereocenters. The van der Waals surface area contributed by atoms with Gasteiger partial charge < -0.3 is 4.98 Å². The largest absolute Gasteiger partial charge is 0.337 e. The van der Waals surface area contributed by atoms with Gasteiger partial charge in [-0.1, -0.05) is 39.3 Å². The summed E-state index contributed by atoms with van der Waals surface area (Å²) < 4.78 is 2.89. The van der Waals surface area contributed by atoms with Crippen LogP contribution in [0.3, 0.4) is 0 Å². The molecule has 3 heteroatoms. The third-order valence-corrected chi connectivity index (χ3v) is 3.43. The Bertz CT molecular complexity index is 561. The molecule has 1 heterocycles. The number of aryl methyl sites for hydroxylation is 1. The van der Waals surface area contributed by atoms with Crippen LogP contribution in [0, 0.1) is 4.77 Å². The number of imidazole rings is 1. The van der Waals surface area contributed by atoms with Gasteiger partial charge in [-0.05, 0) is 42.3 Å². The van der Waals surface area contributed by atoms with Gasteiger partial charge in [0.15, 0.2) is 4.77 Å². The lowest BCUT2D eigenvalue weighted by molar-refractivity contribution is 0.783. The molecule has 0 spiro atoms. The Morgan fingerprint density at radius 3 is 2.44 bits per heavy atom. The van der Waals surface area contributed by atoms with Gasteiger partial charge in [0.2, 0.25) is 0 Å². The fraction of sp³-hybridized carbons (Fsp3) is 0.400. The van der Waals surface area contributed by atoms with Crippen molar-refractivity contribution in [2.75, 3.05) is 0 Å². The van der Waals surface area contributed by atoms with Crippen molar-refractivity contribution in [1.82, 2.24) is 9.55 Å². The molecule has 96 valence electrons. The summed E-state index contributed by atoms with van der Waals surface area (Å²) >= 11 is 5.37. The minimum atomic E-state index is 0.452. The van der Waals surface area contributed by atoms with Crippen LogP contribution in [0.1, 0.15) is 44.4 Å². The number of H-pyrrole nitrogens is 1. The Morgan fingerprint density at radius 2 is 1.89 bits per heavy atom. The van der Waals surface area contributed by atoms with E-state index < -0.39 is 0 Å². The molecule has 0 aliphatic carbocycles. The second-order valence-corrected chi connectivity index (χ2v) is 5.31. The third-order valence-electron chi connectivity index (χ3n) is 3.13. The predicted molar refractivity (Wildman–Crippen MR) is 79.0 cm³/mol. The molecule has 0 aliphatic rings. The van der Waals surface area contributed by atoms with Crippen molar-refractivity contribution in [3.05, 3.63) is 46.5 Å². The summed E-state index contributed by atoms with van der Waals surface area (Å²) in [4.78, 5) is 3.13. The molecule has 2 nitrogen and oxygen atoms in total. The maximum atomic E-state index is 5.37. The summed E-state index contributed by atoms with van der Waals surface area (Å²) in [7, 11) is 0. The van der Waals surface area contributed by atoms with E-state index in [0.717, 1.165) is 16.9 Å². The summed E-state index contributed by atoms with van der Waals surface area (Å²) in [6.07, 6.45) is 4.32. The highest BCUT2D eigenvalue weighted by atomic mass is 32.1. The molecule has 0 amide bonds. The number of benzene rings is 1. The lowest BCUT2D eigenvalue weighted by Crippen LogP contribution is -2.02. The van der Waals surface area contributed by atoms with Gasteiger partial charge in [-0.15, -0.1) is 0 Å². The highest BCUT2D eigenvalue weighted by Crippen LogP contribution is 2.20. The Kier molecular flexibility index (Phi) is 4.02. The SMILES string of the molecule is CCCc1ccc(-n2c(C(C)C)c[nH]c2=S)cc1. The Hall–Kier alpha value is -1.35. The van der Waals surface area contributed by atoms with Gasteiger partial charge in [0.1, 0.15) is 0 Å². The van der Waals surface area contributed by atoms with Crippen molar-refractivity contribution in [3.8, 4) is 5.69 Å². The van der Waals surface area contributed by atoms with Crippen LogP contribution in [0.4, 0.5) is 0 Å². The standard InChI is InChI=1S/C15H20N2S/c1-4-5-12-6-8-13(9-7-12)17-14(11(2)3)10-16-15(17)18/h6-11H,4-5H2,1-3H3,(H,16,18). The van der Waals surface area contributed by atoms with Crippen molar-refractivity contribution < 1.29 is 0 Å². The minimum absolute atomic E-state index is 0.452. The average Bonchev–Trinajstić information content (AvgIpc) is 2.73. The zero-order chi connectivity index (χ0) is 13.1. The third kappa shape index (κ3) is 2.56. The molecule has 1 aromatic heterocycles. The Morgan fingerprint density at radius 1 is 1.22 bits per heavy atom. The lowest BCUT2D eigenvalue weighted by atomic mass is 10.1. The number of aromatic amines is 1. The monoisotopic (exact) mass is 260 g/mol. The quantitative estimate of drug-likeness (QED) is 0.796. The van der Waals surface area contributed by atoms with Crippen molar-refractivity contribution in [3.63, 3.8) is 0 Å². The maximum absolute atomic E-state index is 5.37. The van der Waals surface area contributed by atoms with Crippen LogP contribution in [-0.4, -0.2) is 9.55 Å². The van der Waals surface area contributed by atoms with E-state index >= 15 is 0 Å². The molecule has 0 saturated heterocycles. The molecule has 0 aliphatic heterocycles. The van der Waals surface area contributed by atoms with E-state index in [1.165, 1.54) is 17.7 Å². The van der Waals surface area contributed by atoms with Gasteiger partial charge in [0, 0.05) is 17.6 Å². The second-order valence-electron chi connectivity index (χ2n) is 4.93. The first kappa shape index (κ1) is 13.1.